The molecule has 11 heteroatoms. The van der Waals surface area contributed by atoms with Crippen LogP contribution in [0.5, 0.6) is 0 Å². The topological polar surface area (TPSA) is 112 Å². The zero-order chi connectivity index (χ0) is 27.0. The number of hydrogen-bond acceptors (Lipinski definition) is 6. The number of alkyl halides is 3. The van der Waals surface area contributed by atoms with Crippen molar-refractivity contribution >= 4 is 39.5 Å². The van der Waals surface area contributed by atoms with Crippen molar-refractivity contribution in [2.75, 3.05) is 19.0 Å². The van der Waals surface area contributed by atoms with E-state index < -0.39 is 17.6 Å². The fourth-order valence-electron chi connectivity index (χ4n) is 4.12. The number of hydrogen-bond donors (Lipinski definition) is 2. The van der Waals surface area contributed by atoms with E-state index in [2.05, 4.69) is 10.3 Å². The molecule has 1 amide bonds. The van der Waals surface area contributed by atoms with Gasteiger partial charge in [-0.05, 0) is 36.4 Å². The van der Waals surface area contributed by atoms with Gasteiger partial charge in [0.15, 0.2) is 5.43 Å². The average Bonchev–Trinajstić information content (AvgIpc) is 3.21. The lowest BCUT2D eigenvalue weighted by atomic mass is 10.1. The van der Waals surface area contributed by atoms with Crippen LogP contribution in [0.1, 0.15) is 15.9 Å². The molecular weight excluding hydrogens is 501 g/mol. The number of anilines is 2. The summed E-state index contributed by atoms with van der Waals surface area (Å²) in [6.45, 7) is 0.634. The molecule has 0 radical (unpaired) electrons. The van der Waals surface area contributed by atoms with Gasteiger partial charge in [-0.3, -0.25) is 9.59 Å². The van der Waals surface area contributed by atoms with Gasteiger partial charge in [0.2, 0.25) is 11.9 Å². The minimum Gasteiger partial charge on any atom is -0.456 e. The Balaban J connectivity index is 1.61. The van der Waals surface area contributed by atoms with Crippen LogP contribution in [-0.2, 0) is 17.5 Å². The fraction of sp³-hybridized carbons (Fsp3) is 0.148. The van der Waals surface area contributed by atoms with E-state index in [4.69, 9.17) is 14.9 Å². The van der Waals surface area contributed by atoms with Gasteiger partial charge in [0.1, 0.15) is 11.3 Å². The minimum atomic E-state index is -4.49. The molecular formula is C27H21F3N4O4. The number of carbonyl (C=O) groups excluding carboxylic acids is 1. The number of benzene rings is 3. The summed E-state index contributed by atoms with van der Waals surface area (Å²) in [5.74, 6) is 0.00214. The highest BCUT2D eigenvalue weighted by Crippen LogP contribution is 2.33. The van der Waals surface area contributed by atoms with Crippen molar-refractivity contribution in [3.63, 3.8) is 0 Å². The number of amides is 1. The van der Waals surface area contributed by atoms with Crippen LogP contribution in [-0.4, -0.2) is 29.2 Å². The van der Waals surface area contributed by atoms with Crippen LogP contribution < -0.4 is 16.5 Å². The van der Waals surface area contributed by atoms with E-state index >= 15 is 0 Å². The average molecular weight is 522 g/mol. The molecule has 5 aromatic rings. The summed E-state index contributed by atoms with van der Waals surface area (Å²) < 4.78 is 52.6. The molecule has 3 N–H and O–H groups in total. The maximum absolute atomic E-state index is 13.2. The second kappa shape index (κ2) is 9.67. The van der Waals surface area contributed by atoms with Gasteiger partial charge in [0, 0.05) is 42.6 Å². The molecule has 0 fully saturated rings. The molecule has 38 heavy (non-hydrogen) atoms. The molecule has 8 nitrogen and oxygen atoms in total. The Morgan fingerprint density at radius 2 is 1.87 bits per heavy atom. The van der Waals surface area contributed by atoms with E-state index in [0.717, 1.165) is 12.1 Å². The van der Waals surface area contributed by atoms with Gasteiger partial charge in [-0.1, -0.05) is 18.2 Å². The SMILES string of the molecule is COCCn1c(Nc2cccc(C(F)(F)F)c2)nc2cc3c(=O)cc(-c4ccc(C(N)=O)cc4)oc3cc21. The van der Waals surface area contributed by atoms with E-state index in [0.29, 0.717) is 46.7 Å². The molecule has 0 aliphatic rings. The minimum absolute atomic E-state index is 0.203. The van der Waals surface area contributed by atoms with Crippen molar-refractivity contribution in [2.24, 2.45) is 5.73 Å². The summed E-state index contributed by atoms with van der Waals surface area (Å²) in [5, 5.41) is 3.24. The van der Waals surface area contributed by atoms with Crippen molar-refractivity contribution in [3.8, 4) is 11.3 Å². The first-order valence-corrected chi connectivity index (χ1v) is 11.5. The Bertz CT molecular complexity index is 1720. The van der Waals surface area contributed by atoms with E-state index in [1.807, 2.05) is 0 Å². The maximum atomic E-state index is 13.2. The largest absolute Gasteiger partial charge is 0.456 e. The maximum Gasteiger partial charge on any atom is 0.416 e. The molecule has 5 rings (SSSR count). The second-order valence-corrected chi connectivity index (χ2v) is 8.54. The monoisotopic (exact) mass is 522 g/mol. The van der Waals surface area contributed by atoms with Crippen molar-refractivity contribution in [3.05, 3.63) is 88.1 Å². The number of nitrogens with two attached hydrogens (primary N) is 1. The Hall–Kier alpha value is -4.64. The number of halogens is 3. The summed E-state index contributed by atoms with van der Waals surface area (Å²) in [6.07, 6.45) is -4.49. The highest BCUT2D eigenvalue weighted by atomic mass is 19.4. The normalized spacial score (nSPS) is 11.8. The molecule has 0 spiro atoms. The smallest absolute Gasteiger partial charge is 0.416 e. The highest BCUT2D eigenvalue weighted by molar-refractivity contribution is 5.95. The third kappa shape index (κ3) is 4.83. The van der Waals surface area contributed by atoms with Crippen molar-refractivity contribution < 1.29 is 27.1 Å². The number of nitrogens with zero attached hydrogens (tertiary/aromatic N) is 2. The number of imidazole rings is 1. The highest BCUT2D eigenvalue weighted by Gasteiger charge is 2.30. The molecule has 0 aliphatic carbocycles. The van der Waals surface area contributed by atoms with Gasteiger partial charge in [0.25, 0.3) is 0 Å². The van der Waals surface area contributed by atoms with Crippen LogP contribution in [0.3, 0.4) is 0 Å². The van der Waals surface area contributed by atoms with Crippen LogP contribution in [0.25, 0.3) is 33.3 Å². The third-order valence-electron chi connectivity index (χ3n) is 6.02. The number of primary amides is 1. The molecule has 2 heterocycles. The molecule has 0 unspecified atom stereocenters. The van der Waals surface area contributed by atoms with Crippen molar-refractivity contribution in [1.82, 2.24) is 9.55 Å². The number of nitrogens with one attached hydrogen (secondary N) is 1. The zero-order valence-corrected chi connectivity index (χ0v) is 20.0. The first-order chi connectivity index (χ1) is 18.1. The van der Waals surface area contributed by atoms with Crippen molar-refractivity contribution in [2.45, 2.75) is 12.7 Å². The van der Waals surface area contributed by atoms with Crippen LogP contribution in [0, 0.1) is 0 Å². The summed E-state index contributed by atoms with van der Waals surface area (Å²) in [4.78, 5) is 28.9. The van der Waals surface area contributed by atoms with Crippen LogP contribution in [0.4, 0.5) is 24.8 Å². The molecule has 2 aromatic heterocycles. The van der Waals surface area contributed by atoms with Gasteiger partial charge >= 0.3 is 6.18 Å². The van der Waals surface area contributed by atoms with Crippen LogP contribution in [0.15, 0.2) is 75.9 Å². The van der Waals surface area contributed by atoms with E-state index in [1.165, 1.54) is 37.4 Å². The van der Waals surface area contributed by atoms with Crippen LogP contribution in [0.2, 0.25) is 0 Å². The van der Waals surface area contributed by atoms with Gasteiger partial charge in [0.05, 0.1) is 28.6 Å². The summed E-state index contributed by atoms with van der Waals surface area (Å²) in [7, 11) is 1.53. The number of aromatic nitrogens is 2. The Kier molecular flexibility index (Phi) is 6.37. The molecule has 0 saturated heterocycles. The standard InChI is InChI=1S/C27H21F3N4O4/c1-37-10-9-34-21-13-24-19(22(35)14-23(38-24)15-5-7-16(8-6-15)25(31)36)12-20(21)33-26(34)32-18-4-2-3-17(11-18)27(28,29)30/h2-8,11-14H,9-10H2,1H3,(H2,31,36)(H,32,33). The number of ether oxygens (including phenoxy) is 1. The van der Waals surface area contributed by atoms with Gasteiger partial charge in [-0.25, -0.2) is 4.98 Å². The molecule has 0 atom stereocenters. The lowest BCUT2D eigenvalue weighted by molar-refractivity contribution is -0.137. The Labute approximate surface area is 213 Å². The van der Waals surface area contributed by atoms with E-state index in [-0.39, 0.29) is 22.5 Å². The molecule has 0 bridgehead atoms. The summed E-state index contributed by atoms with van der Waals surface area (Å²) in [6, 6.07) is 15.7. The predicted octanol–water partition coefficient (Wildman–Crippen LogP) is 5.32. The van der Waals surface area contributed by atoms with E-state index in [1.54, 1.807) is 28.8 Å². The molecule has 194 valence electrons. The first kappa shape index (κ1) is 25.0. The Morgan fingerprint density at radius 3 is 2.55 bits per heavy atom. The summed E-state index contributed by atoms with van der Waals surface area (Å²) in [5.41, 5.74) is 6.64. The van der Waals surface area contributed by atoms with Crippen LogP contribution >= 0.6 is 0 Å². The van der Waals surface area contributed by atoms with Crippen molar-refractivity contribution in [1.29, 1.82) is 0 Å². The first-order valence-electron chi connectivity index (χ1n) is 11.5. The molecule has 0 saturated carbocycles. The summed E-state index contributed by atoms with van der Waals surface area (Å²) >= 11 is 0. The van der Waals surface area contributed by atoms with Gasteiger partial charge < -0.3 is 24.8 Å². The lowest BCUT2D eigenvalue weighted by Gasteiger charge is -2.12. The third-order valence-corrected chi connectivity index (χ3v) is 6.02. The van der Waals surface area contributed by atoms with Gasteiger partial charge in [-0.15, -0.1) is 0 Å². The lowest BCUT2D eigenvalue weighted by Crippen LogP contribution is -2.10. The van der Waals surface area contributed by atoms with E-state index in [9.17, 15) is 22.8 Å². The number of carbonyl (C=O) groups is 1. The molecule has 0 aliphatic heterocycles. The van der Waals surface area contributed by atoms with Gasteiger partial charge in [-0.2, -0.15) is 13.2 Å². The molecule has 3 aromatic carbocycles. The predicted molar refractivity (Wildman–Crippen MR) is 136 cm³/mol. The quantitative estimate of drug-likeness (QED) is 0.299. The number of methoxy groups -OCH3 is 1. The zero-order valence-electron chi connectivity index (χ0n) is 20.0. The second-order valence-electron chi connectivity index (χ2n) is 8.54. The Morgan fingerprint density at radius 1 is 1.11 bits per heavy atom. The number of rotatable bonds is 7. The number of fused-ring (bicyclic) bond motifs is 2. The fourth-order valence-corrected chi connectivity index (χ4v) is 4.12.